The van der Waals surface area contributed by atoms with E-state index in [-0.39, 0.29) is 17.0 Å². The predicted octanol–water partition coefficient (Wildman–Crippen LogP) is -1.03. The molecule has 0 radical (unpaired) electrons. The Bertz CT molecular complexity index is 303. The van der Waals surface area contributed by atoms with Crippen LogP contribution in [0.2, 0.25) is 0 Å². The molecule has 0 aromatic heterocycles. The molecule has 1 rings (SSSR count). The molecule has 0 heterocycles. The van der Waals surface area contributed by atoms with Crippen molar-refractivity contribution in [2.75, 3.05) is 20.6 Å². The summed E-state index contributed by atoms with van der Waals surface area (Å²) in [5.41, 5.74) is 2.65. The van der Waals surface area contributed by atoms with E-state index in [1.165, 1.54) is 29.0 Å². The molecular formula is C14H22BrN. The molecule has 0 amide bonds. The maximum absolute atomic E-state index is 3.77. The molecule has 0 saturated carbocycles. The van der Waals surface area contributed by atoms with Crippen molar-refractivity contribution in [1.29, 1.82) is 0 Å². The molecular weight excluding hydrogens is 262 g/mol. The number of quaternary nitrogens is 1. The lowest BCUT2D eigenvalue weighted by Gasteiger charge is -2.17. The van der Waals surface area contributed by atoms with Gasteiger partial charge in [-0.3, -0.25) is 0 Å². The molecule has 1 nitrogen and oxygen atoms in total. The van der Waals surface area contributed by atoms with Crippen molar-refractivity contribution in [3.63, 3.8) is 0 Å². The van der Waals surface area contributed by atoms with Gasteiger partial charge in [0.1, 0.15) is 0 Å². The van der Waals surface area contributed by atoms with Crippen LogP contribution in [0, 0.1) is 0 Å². The van der Waals surface area contributed by atoms with Gasteiger partial charge in [-0.05, 0) is 17.5 Å². The maximum Gasteiger partial charge on any atom is 0.0836 e. The van der Waals surface area contributed by atoms with Crippen molar-refractivity contribution in [3.05, 3.63) is 42.0 Å². The first-order chi connectivity index (χ1) is 7.17. The van der Waals surface area contributed by atoms with Gasteiger partial charge in [-0.2, -0.15) is 0 Å². The summed E-state index contributed by atoms with van der Waals surface area (Å²) in [6.45, 7) is 7.23. The molecule has 1 aromatic carbocycles. The fourth-order valence-electron chi connectivity index (χ4n) is 1.89. The van der Waals surface area contributed by atoms with Crippen molar-refractivity contribution in [1.82, 2.24) is 0 Å². The van der Waals surface area contributed by atoms with Crippen LogP contribution in [0.15, 0.2) is 30.8 Å². The minimum absolute atomic E-state index is 0. The van der Waals surface area contributed by atoms with Crippen molar-refractivity contribution in [3.8, 4) is 0 Å². The van der Waals surface area contributed by atoms with Gasteiger partial charge in [0, 0.05) is 5.92 Å². The molecule has 0 saturated heterocycles. The summed E-state index contributed by atoms with van der Waals surface area (Å²) in [5, 5.41) is 0. The number of halogens is 1. The average molecular weight is 284 g/mol. The summed E-state index contributed by atoms with van der Waals surface area (Å²) in [5.74, 6) is 0.675. The fraction of sp³-hybridized carbons (Fsp3) is 0.429. The Hall–Kier alpha value is -0.600. The monoisotopic (exact) mass is 283 g/mol. The number of hydrogen-bond acceptors (Lipinski definition) is 0. The number of hydrogen-bond donors (Lipinski definition) is 1. The normalized spacial score (nSPS) is 12.0. The Balaban J connectivity index is 0.00000225. The Kier molecular flexibility index (Phi) is 7.35. The molecule has 1 atom stereocenters. The number of rotatable bonds is 5. The Morgan fingerprint density at radius 3 is 2.19 bits per heavy atom. The molecule has 0 spiro atoms. The van der Waals surface area contributed by atoms with Crippen LogP contribution in [0.5, 0.6) is 0 Å². The third-order valence-electron chi connectivity index (χ3n) is 2.79. The van der Waals surface area contributed by atoms with E-state index in [2.05, 4.69) is 51.9 Å². The van der Waals surface area contributed by atoms with Gasteiger partial charge in [0.25, 0.3) is 0 Å². The van der Waals surface area contributed by atoms with E-state index in [1.807, 2.05) is 6.08 Å². The van der Waals surface area contributed by atoms with Gasteiger partial charge in [0.15, 0.2) is 0 Å². The van der Waals surface area contributed by atoms with Crippen molar-refractivity contribution in [2.24, 2.45) is 0 Å². The zero-order valence-corrected chi connectivity index (χ0v) is 12.0. The van der Waals surface area contributed by atoms with Crippen LogP contribution in [-0.4, -0.2) is 20.6 Å². The second-order valence-corrected chi connectivity index (χ2v) is 4.39. The summed E-state index contributed by atoms with van der Waals surface area (Å²) in [6.07, 6.45) is 3.10. The van der Waals surface area contributed by atoms with Crippen molar-refractivity contribution in [2.45, 2.75) is 19.3 Å². The van der Waals surface area contributed by atoms with Crippen LogP contribution >= 0.6 is 0 Å². The van der Waals surface area contributed by atoms with Gasteiger partial charge < -0.3 is 21.9 Å². The fourth-order valence-corrected chi connectivity index (χ4v) is 1.89. The first kappa shape index (κ1) is 15.4. The molecule has 2 heteroatoms. The van der Waals surface area contributed by atoms with Crippen LogP contribution in [0.3, 0.4) is 0 Å². The molecule has 16 heavy (non-hydrogen) atoms. The Morgan fingerprint density at radius 1 is 1.25 bits per heavy atom. The number of likely N-dealkylation sites (N-methyl/N-ethyl adjacent to an activating group) is 1. The minimum Gasteiger partial charge on any atom is -1.00 e. The molecule has 0 bridgehead atoms. The van der Waals surface area contributed by atoms with E-state index in [4.69, 9.17) is 0 Å². The average Bonchev–Trinajstić information content (AvgIpc) is 2.26. The molecule has 0 aliphatic carbocycles. The van der Waals surface area contributed by atoms with Gasteiger partial charge in [-0.1, -0.05) is 43.8 Å². The molecule has 1 N–H and O–H groups in total. The summed E-state index contributed by atoms with van der Waals surface area (Å²) < 4.78 is 0. The summed E-state index contributed by atoms with van der Waals surface area (Å²) in [7, 11) is 4.42. The second-order valence-electron chi connectivity index (χ2n) is 4.39. The number of benzene rings is 1. The number of nitrogens with one attached hydrogen (secondary N) is 1. The van der Waals surface area contributed by atoms with Gasteiger partial charge >= 0.3 is 0 Å². The largest absolute Gasteiger partial charge is 1.00 e. The minimum atomic E-state index is 0. The molecule has 0 aliphatic heterocycles. The van der Waals surface area contributed by atoms with Crippen molar-refractivity contribution >= 4 is 6.08 Å². The van der Waals surface area contributed by atoms with Gasteiger partial charge in [0.05, 0.1) is 20.6 Å². The van der Waals surface area contributed by atoms with Crippen molar-refractivity contribution < 1.29 is 21.9 Å². The van der Waals surface area contributed by atoms with Crippen LogP contribution in [0.4, 0.5) is 0 Å². The highest BCUT2D eigenvalue weighted by molar-refractivity contribution is 5.47. The van der Waals surface area contributed by atoms with Crippen LogP contribution in [-0.2, 0) is 0 Å². The van der Waals surface area contributed by atoms with E-state index in [0.29, 0.717) is 5.92 Å². The van der Waals surface area contributed by atoms with E-state index in [0.717, 1.165) is 0 Å². The molecule has 1 unspecified atom stereocenters. The van der Waals surface area contributed by atoms with Crippen LogP contribution < -0.4 is 21.9 Å². The third kappa shape index (κ3) is 4.50. The lowest BCUT2D eigenvalue weighted by atomic mass is 9.95. The standard InChI is InChI=1S/C14H21N.BrH/c1-5-12-7-9-14(10-8-12)13(6-2)11-15(3)4;/h5,7-10,13H,1,6,11H2,2-4H3;1H. The summed E-state index contributed by atoms with van der Waals surface area (Å²) >= 11 is 0. The Morgan fingerprint density at radius 2 is 1.81 bits per heavy atom. The first-order valence-electron chi connectivity index (χ1n) is 5.68. The lowest BCUT2D eigenvalue weighted by Crippen LogP contribution is -3.06. The molecule has 0 aliphatic rings. The Labute approximate surface area is 110 Å². The molecule has 1 aromatic rings. The van der Waals surface area contributed by atoms with Gasteiger partial charge in [-0.25, -0.2) is 0 Å². The second kappa shape index (κ2) is 7.64. The topological polar surface area (TPSA) is 4.44 Å². The quantitative estimate of drug-likeness (QED) is 0.705. The first-order valence-corrected chi connectivity index (χ1v) is 5.68. The highest BCUT2D eigenvalue weighted by atomic mass is 79.9. The SMILES string of the molecule is C=Cc1ccc(C(CC)C[NH+](C)C)cc1.[Br-]. The summed E-state index contributed by atoms with van der Waals surface area (Å²) in [4.78, 5) is 1.51. The van der Waals surface area contributed by atoms with Crippen LogP contribution in [0.25, 0.3) is 6.08 Å². The molecule has 90 valence electrons. The smallest absolute Gasteiger partial charge is 0.0836 e. The molecule has 0 fully saturated rings. The highest BCUT2D eigenvalue weighted by Crippen LogP contribution is 2.18. The summed E-state index contributed by atoms with van der Waals surface area (Å²) in [6, 6.07) is 8.76. The zero-order valence-electron chi connectivity index (χ0n) is 10.5. The van der Waals surface area contributed by atoms with E-state index >= 15 is 0 Å². The third-order valence-corrected chi connectivity index (χ3v) is 2.79. The zero-order chi connectivity index (χ0) is 11.3. The van der Waals surface area contributed by atoms with Gasteiger partial charge in [-0.15, -0.1) is 0 Å². The van der Waals surface area contributed by atoms with E-state index < -0.39 is 0 Å². The van der Waals surface area contributed by atoms with E-state index in [1.54, 1.807) is 0 Å². The van der Waals surface area contributed by atoms with E-state index in [9.17, 15) is 0 Å². The van der Waals surface area contributed by atoms with Crippen LogP contribution in [0.1, 0.15) is 30.4 Å². The lowest BCUT2D eigenvalue weighted by molar-refractivity contribution is -0.859. The highest BCUT2D eigenvalue weighted by Gasteiger charge is 2.12. The predicted molar refractivity (Wildman–Crippen MR) is 67.2 cm³/mol. The van der Waals surface area contributed by atoms with Gasteiger partial charge in [0.2, 0.25) is 0 Å². The maximum atomic E-state index is 3.77.